The van der Waals surface area contributed by atoms with E-state index in [0.717, 1.165) is 11.1 Å². The van der Waals surface area contributed by atoms with Gasteiger partial charge < -0.3 is 14.4 Å². The van der Waals surface area contributed by atoms with Crippen molar-refractivity contribution in [2.75, 3.05) is 26.8 Å². The summed E-state index contributed by atoms with van der Waals surface area (Å²) in [6, 6.07) is 13.7. The third-order valence-corrected chi connectivity index (χ3v) is 4.08. The highest BCUT2D eigenvalue weighted by Crippen LogP contribution is 2.23. The molecule has 24 heavy (non-hydrogen) atoms. The predicted molar refractivity (Wildman–Crippen MR) is 88.2 cm³/mol. The van der Waals surface area contributed by atoms with Crippen LogP contribution < -0.4 is 0 Å². The number of hydrogen-bond donors (Lipinski definition) is 0. The van der Waals surface area contributed by atoms with Gasteiger partial charge in [-0.05, 0) is 35.4 Å². The molecule has 3 rings (SSSR count). The first-order valence-corrected chi connectivity index (χ1v) is 7.91. The van der Waals surface area contributed by atoms with Crippen molar-refractivity contribution in [1.29, 1.82) is 0 Å². The lowest BCUT2D eigenvalue weighted by molar-refractivity contribution is -0.0228. The molecule has 1 amide bonds. The van der Waals surface area contributed by atoms with Crippen LogP contribution in [0.15, 0.2) is 48.5 Å². The van der Waals surface area contributed by atoms with E-state index >= 15 is 0 Å². The maximum atomic E-state index is 13.1. The molecule has 4 nitrogen and oxygen atoms in total. The molecule has 0 aliphatic carbocycles. The maximum absolute atomic E-state index is 13.1. The van der Waals surface area contributed by atoms with Crippen LogP contribution in [0.3, 0.4) is 0 Å². The first kappa shape index (κ1) is 16.6. The Labute approximate surface area is 140 Å². The van der Waals surface area contributed by atoms with Crippen molar-refractivity contribution in [2.45, 2.75) is 12.7 Å². The van der Waals surface area contributed by atoms with Crippen molar-refractivity contribution in [1.82, 2.24) is 4.90 Å². The van der Waals surface area contributed by atoms with Gasteiger partial charge in [0.1, 0.15) is 11.9 Å². The Morgan fingerprint density at radius 3 is 2.83 bits per heavy atom. The molecule has 0 saturated carbocycles. The molecule has 1 fully saturated rings. The van der Waals surface area contributed by atoms with E-state index in [9.17, 15) is 9.18 Å². The standard InChI is InChI=1S/C19H20FNO3/c1-23-13-14-3-2-4-16(11-14)19(22)21-9-10-24-18(12-21)15-5-7-17(20)8-6-15/h2-8,11,18H,9-10,12-13H2,1H3. The normalized spacial score (nSPS) is 17.8. The monoisotopic (exact) mass is 329 g/mol. The largest absolute Gasteiger partial charge is 0.380 e. The Bertz CT molecular complexity index is 702. The third-order valence-electron chi connectivity index (χ3n) is 4.08. The van der Waals surface area contributed by atoms with Crippen LogP contribution in [-0.4, -0.2) is 37.6 Å². The second kappa shape index (κ2) is 7.55. The van der Waals surface area contributed by atoms with E-state index in [1.54, 1.807) is 24.1 Å². The van der Waals surface area contributed by atoms with Gasteiger partial charge in [-0.15, -0.1) is 0 Å². The molecule has 1 aliphatic heterocycles. The lowest BCUT2D eigenvalue weighted by Crippen LogP contribution is -2.42. The summed E-state index contributed by atoms with van der Waals surface area (Å²) < 4.78 is 23.9. The number of carbonyl (C=O) groups excluding carboxylic acids is 1. The second-order valence-electron chi connectivity index (χ2n) is 5.80. The van der Waals surface area contributed by atoms with Crippen LogP contribution in [-0.2, 0) is 16.1 Å². The number of hydrogen-bond acceptors (Lipinski definition) is 3. The molecule has 0 N–H and O–H groups in total. The van der Waals surface area contributed by atoms with Crippen molar-refractivity contribution in [3.8, 4) is 0 Å². The molecule has 2 aromatic carbocycles. The van der Waals surface area contributed by atoms with Gasteiger partial charge in [-0.25, -0.2) is 4.39 Å². The summed E-state index contributed by atoms with van der Waals surface area (Å²) in [5, 5.41) is 0. The fourth-order valence-electron chi connectivity index (χ4n) is 2.86. The quantitative estimate of drug-likeness (QED) is 0.865. The van der Waals surface area contributed by atoms with Crippen molar-refractivity contribution >= 4 is 5.91 Å². The topological polar surface area (TPSA) is 38.8 Å². The zero-order valence-electron chi connectivity index (χ0n) is 13.6. The minimum atomic E-state index is -0.280. The van der Waals surface area contributed by atoms with Gasteiger partial charge in [-0.2, -0.15) is 0 Å². The Hall–Kier alpha value is -2.24. The molecule has 2 aromatic rings. The van der Waals surface area contributed by atoms with Crippen LogP contribution in [0.5, 0.6) is 0 Å². The molecular weight excluding hydrogens is 309 g/mol. The van der Waals surface area contributed by atoms with Gasteiger partial charge in [0, 0.05) is 19.2 Å². The number of rotatable bonds is 4. The van der Waals surface area contributed by atoms with E-state index in [-0.39, 0.29) is 17.8 Å². The zero-order valence-corrected chi connectivity index (χ0v) is 13.6. The van der Waals surface area contributed by atoms with E-state index in [2.05, 4.69) is 0 Å². The Morgan fingerprint density at radius 2 is 2.08 bits per heavy atom. The zero-order chi connectivity index (χ0) is 16.9. The Morgan fingerprint density at radius 1 is 1.29 bits per heavy atom. The number of methoxy groups -OCH3 is 1. The highest BCUT2D eigenvalue weighted by molar-refractivity contribution is 5.94. The molecule has 126 valence electrons. The summed E-state index contributed by atoms with van der Waals surface area (Å²) in [6.07, 6.45) is -0.231. The van der Waals surface area contributed by atoms with Gasteiger partial charge in [0.2, 0.25) is 0 Å². The lowest BCUT2D eigenvalue weighted by atomic mass is 10.1. The van der Waals surface area contributed by atoms with Crippen LogP contribution in [0.4, 0.5) is 4.39 Å². The van der Waals surface area contributed by atoms with E-state index in [1.807, 2.05) is 24.3 Å². The molecular formula is C19H20FNO3. The van der Waals surface area contributed by atoms with Crippen LogP contribution >= 0.6 is 0 Å². The minimum absolute atomic E-state index is 0.0247. The fourth-order valence-corrected chi connectivity index (χ4v) is 2.86. The van der Waals surface area contributed by atoms with Crippen LogP contribution in [0, 0.1) is 5.82 Å². The van der Waals surface area contributed by atoms with Gasteiger partial charge in [-0.1, -0.05) is 24.3 Å². The van der Waals surface area contributed by atoms with E-state index in [4.69, 9.17) is 9.47 Å². The number of ether oxygens (including phenoxy) is 2. The third kappa shape index (κ3) is 3.80. The van der Waals surface area contributed by atoms with E-state index < -0.39 is 0 Å². The average molecular weight is 329 g/mol. The highest BCUT2D eigenvalue weighted by atomic mass is 19.1. The second-order valence-corrected chi connectivity index (χ2v) is 5.80. The smallest absolute Gasteiger partial charge is 0.254 e. The van der Waals surface area contributed by atoms with Crippen LogP contribution in [0.25, 0.3) is 0 Å². The summed E-state index contributed by atoms with van der Waals surface area (Å²) in [6.45, 7) is 1.94. The minimum Gasteiger partial charge on any atom is -0.380 e. The first-order valence-electron chi connectivity index (χ1n) is 7.91. The molecule has 5 heteroatoms. The number of carbonyl (C=O) groups is 1. The Kier molecular flexibility index (Phi) is 5.23. The maximum Gasteiger partial charge on any atom is 0.254 e. The number of halogens is 1. The van der Waals surface area contributed by atoms with Crippen molar-refractivity contribution in [2.24, 2.45) is 0 Å². The van der Waals surface area contributed by atoms with Gasteiger partial charge in [0.25, 0.3) is 5.91 Å². The molecule has 0 bridgehead atoms. The predicted octanol–water partition coefficient (Wildman–Crippen LogP) is 3.19. The molecule has 1 unspecified atom stereocenters. The van der Waals surface area contributed by atoms with Crippen molar-refractivity contribution in [3.05, 3.63) is 71.0 Å². The number of nitrogens with zero attached hydrogens (tertiary/aromatic N) is 1. The molecule has 0 aromatic heterocycles. The van der Waals surface area contributed by atoms with Gasteiger partial charge in [-0.3, -0.25) is 4.79 Å². The van der Waals surface area contributed by atoms with Crippen molar-refractivity contribution < 1.29 is 18.7 Å². The average Bonchev–Trinajstić information content (AvgIpc) is 2.62. The summed E-state index contributed by atoms with van der Waals surface area (Å²) in [4.78, 5) is 14.5. The van der Waals surface area contributed by atoms with Crippen LogP contribution in [0.2, 0.25) is 0 Å². The van der Waals surface area contributed by atoms with Gasteiger partial charge in [0.15, 0.2) is 0 Å². The summed E-state index contributed by atoms with van der Waals surface area (Å²) >= 11 is 0. The van der Waals surface area contributed by atoms with E-state index in [0.29, 0.717) is 31.9 Å². The number of morpholine rings is 1. The number of amides is 1. The van der Waals surface area contributed by atoms with Gasteiger partial charge >= 0.3 is 0 Å². The highest BCUT2D eigenvalue weighted by Gasteiger charge is 2.26. The summed E-state index contributed by atoms with van der Waals surface area (Å²) in [5.41, 5.74) is 2.48. The molecule has 1 aliphatic rings. The molecule has 1 heterocycles. The van der Waals surface area contributed by atoms with E-state index in [1.165, 1.54) is 12.1 Å². The number of benzene rings is 2. The fraction of sp³-hybridized carbons (Fsp3) is 0.316. The SMILES string of the molecule is COCc1cccc(C(=O)N2CCOC(c3ccc(F)cc3)C2)c1. The molecule has 1 saturated heterocycles. The van der Waals surface area contributed by atoms with Gasteiger partial charge in [0.05, 0.1) is 19.8 Å². The Balaban J connectivity index is 1.73. The van der Waals surface area contributed by atoms with Crippen molar-refractivity contribution in [3.63, 3.8) is 0 Å². The summed E-state index contributed by atoms with van der Waals surface area (Å²) in [7, 11) is 1.63. The lowest BCUT2D eigenvalue weighted by Gasteiger charge is -2.33. The molecule has 0 spiro atoms. The summed E-state index contributed by atoms with van der Waals surface area (Å²) in [5.74, 6) is -0.305. The van der Waals surface area contributed by atoms with Crippen LogP contribution in [0.1, 0.15) is 27.6 Å². The first-order chi connectivity index (χ1) is 11.7. The molecule has 1 atom stereocenters. The molecule has 0 radical (unpaired) electrons.